The van der Waals surface area contributed by atoms with E-state index in [1.165, 1.54) is 24.8 Å². The van der Waals surface area contributed by atoms with Gasteiger partial charge in [0.05, 0.1) is 6.10 Å². The third-order valence-corrected chi connectivity index (χ3v) is 4.66. The summed E-state index contributed by atoms with van der Waals surface area (Å²) >= 11 is 0. The summed E-state index contributed by atoms with van der Waals surface area (Å²) in [6, 6.07) is 8.74. The van der Waals surface area contributed by atoms with Crippen LogP contribution in [0.1, 0.15) is 51.6 Å². The Balaban J connectivity index is 2.07. The first-order chi connectivity index (χ1) is 9.11. The van der Waals surface area contributed by atoms with Gasteiger partial charge < -0.3 is 10.1 Å². The van der Waals surface area contributed by atoms with Gasteiger partial charge in [-0.05, 0) is 51.1 Å². The summed E-state index contributed by atoms with van der Waals surface area (Å²) in [6.07, 6.45) is 4.05. The van der Waals surface area contributed by atoms with E-state index >= 15 is 0 Å². The summed E-state index contributed by atoms with van der Waals surface area (Å²) < 4.78 is 6.29. The molecule has 1 fully saturated rings. The Morgan fingerprint density at radius 3 is 2.58 bits per heavy atom. The molecule has 0 aliphatic heterocycles. The average molecular weight is 261 g/mol. The molecule has 4 unspecified atom stereocenters. The quantitative estimate of drug-likeness (QED) is 0.878. The van der Waals surface area contributed by atoms with Crippen LogP contribution in [0.3, 0.4) is 0 Å². The maximum absolute atomic E-state index is 6.29. The molecule has 1 aromatic rings. The van der Waals surface area contributed by atoms with Crippen LogP contribution in [0.2, 0.25) is 0 Å². The lowest BCUT2D eigenvalue weighted by molar-refractivity contribution is 0.0992. The third kappa shape index (κ3) is 3.50. The molecular weight excluding hydrogens is 234 g/mol. The monoisotopic (exact) mass is 261 g/mol. The Morgan fingerprint density at radius 1 is 1.16 bits per heavy atom. The van der Waals surface area contributed by atoms with Crippen molar-refractivity contribution in [2.24, 2.45) is 11.8 Å². The van der Waals surface area contributed by atoms with Gasteiger partial charge in [0.15, 0.2) is 0 Å². The summed E-state index contributed by atoms with van der Waals surface area (Å²) in [6.45, 7) is 6.88. The topological polar surface area (TPSA) is 21.3 Å². The standard InChI is InChI=1S/C17H27NO/c1-12-9-10-15(11-13(12)2)19-17-8-6-5-7-16(17)14(3)18-4/h5-8,12-15,18H,9-11H2,1-4H3. The maximum atomic E-state index is 6.29. The van der Waals surface area contributed by atoms with Crippen LogP contribution in [0.4, 0.5) is 0 Å². The molecule has 0 aromatic heterocycles. The van der Waals surface area contributed by atoms with Gasteiger partial charge in [-0.2, -0.15) is 0 Å². The molecule has 1 aliphatic carbocycles. The molecule has 1 aliphatic rings. The van der Waals surface area contributed by atoms with E-state index < -0.39 is 0 Å². The first kappa shape index (κ1) is 14.4. The molecular formula is C17H27NO. The summed E-state index contributed by atoms with van der Waals surface area (Å²) in [4.78, 5) is 0. The smallest absolute Gasteiger partial charge is 0.124 e. The van der Waals surface area contributed by atoms with Crippen LogP contribution >= 0.6 is 0 Å². The zero-order chi connectivity index (χ0) is 13.8. The molecule has 1 aromatic carbocycles. The minimum atomic E-state index is 0.330. The summed E-state index contributed by atoms with van der Waals surface area (Å²) in [5.74, 6) is 2.66. The van der Waals surface area contributed by atoms with Gasteiger partial charge >= 0.3 is 0 Å². The van der Waals surface area contributed by atoms with Gasteiger partial charge in [-0.25, -0.2) is 0 Å². The molecule has 19 heavy (non-hydrogen) atoms. The van der Waals surface area contributed by atoms with Gasteiger partial charge in [0.1, 0.15) is 5.75 Å². The Morgan fingerprint density at radius 2 is 1.89 bits per heavy atom. The molecule has 106 valence electrons. The molecule has 1 saturated carbocycles. The lowest BCUT2D eigenvalue weighted by Gasteiger charge is -2.33. The van der Waals surface area contributed by atoms with Gasteiger partial charge in [-0.1, -0.05) is 32.0 Å². The van der Waals surface area contributed by atoms with E-state index in [1.807, 2.05) is 7.05 Å². The molecule has 0 saturated heterocycles. The van der Waals surface area contributed by atoms with Crippen LogP contribution < -0.4 is 10.1 Å². The lowest BCUT2D eigenvalue weighted by Crippen LogP contribution is -2.29. The number of para-hydroxylation sites is 1. The maximum Gasteiger partial charge on any atom is 0.124 e. The summed E-state index contributed by atoms with van der Waals surface area (Å²) in [5, 5.41) is 3.29. The van der Waals surface area contributed by atoms with E-state index in [0.29, 0.717) is 12.1 Å². The molecule has 0 radical (unpaired) electrons. The Kier molecular flexibility index (Phi) is 4.87. The fraction of sp³-hybridized carbons (Fsp3) is 0.647. The van der Waals surface area contributed by atoms with E-state index in [0.717, 1.165) is 17.6 Å². The number of rotatable bonds is 4. The number of hydrogen-bond acceptors (Lipinski definition) is 2. The van der Waals surface area contributed by atoms with Crippen LogP contribution in [-0.2, 0) is 0 Å². The predicted molar refractivity (Wildman–Crippen MR) is 80.5 cm³/mol. The van der Waals surface area contributed by atoms with E-state index in [1.54, 1.807) is 0 Å². The van der Waals surface area contributed by atoms with Gasteiger partial charge in [0.25, 0.3) is 0 Å². The average Bonchev–Trinajstić information content (AvgIpc) is 2.43. The predicted octanol–water partition coefficient (Wildman–Crippen LogP) is 4.17. The Labute approximate surface area is 117 Å². The van der Waals surface area contributed by atoms with E-state index in [2.05, 4.69) is 50.4 Å². The van der Waals surface area contributed by atoms with Crippen molar-refractivity contribution in [3.63, 3.8) is 0 Å². The fourth-order valence-corrected chi connectivity index (χ4v) is 2.89. The highest BCUT2D eigenvalue weighted by atomic mass is 16.5. The second-order valence-electron chi connectivity index (χ2n) is 6.06. The van der Waals surface area contributed by atoms with Crippen molar-refractivity contribution >= 4 is 0 Å². The normalized spacial score (nSPS) is 28.9. The minimum absolute atomic E-state index is 0.330. The molecule has 0 bridgehead atoms. The van der Waals surface area contributed by atoms with E-state index in [9.17, 15) is 0 Å². The molecule has 2 nitrogen and oxygen atoms in total. The highest BCUT2D eigenvalue weighted by molar-refractivity contribution is 5.35. The highest BCUT2D eigenvalue weighted by Crippen LogP contribution is 2.33. The van der Waals surface area contributed by atoms with Crippen LogP contribution in [0, 0.1) is 11.8 Å². The molecule has 0 amide bonds. The number of ether oxygens (including phenoxy) is 1. The molecule has 0 heterocycles. The van der Waals surface area contributed by atoms with Crippen molar-refractivity contribution in [2.45, 2.75) is 52.2 Å². The summed E-state index contributed by atoms with van der Waals surface area (Å²) in [7, 11) is 1.99. The van der Waals surface area contributed by atoms with Crippen molar-refractivity contribution in [2.75, 3.05) is 7.05 Å². The second-order valence-corrected chi connectivity index (χ2v) is 6.06. The van der Waals surface area contributed by atoms with Gasteiger partial charge in [-0.15, -0.1) is 0 Å². The molecule has 2 rings (SSSR count). The Hall–Kier alpha value is -1.02. The van der Waals surface area contributed by atoms with Crippen molar-refractivity contribution < 1.29 is 4.74 Å². The third-order valence-electron chi connectivity index (χ3n) is 4.66. The Bertz CT molecular complexity index is 404. The van der Waals surface area contributed by atoms with Crippen LogP contribution in [0.5, 0.6) is 5.75 Å². The van der Waals surface area contributed by atoms with Gasteiger partial charge in [-0.3, -0.25) is 0 Å². The first-order valence-electron chi connectivity index (χ1n) is 7.54. The zero-order valence-corrected chi connectivity index (χ0v) is 12.6. The first-order valence-corrected chi connectivity index (χ1v) is 7.54. The second kappa shape index (κ2) is 6.42. The van der Waals surface area contributed by atoms with Crippen molar-refractivity contribution in [1.29, 1.82) is 0 Å². The zero-order valence-electron chi connectivity index (χ0n) is 12.6. The number of benzene rings is 1. The fourth-order valence-electron chi connectivity index (χ4n) is 2.89. The molecule has 1 N–H and O–H groups in total. The van der Waals surface area contributed by atoms with Crippen molar-refractivity contribution in [3.05, 3.63) is 29.8 Å². The largest absolute Gasteiger partial charge is 0.490 e. The van der Waals surface area contributed by atoms with Gasteiger partial charge in [0, 0.05) is 11.6 Å². The number of hydrogen-bond donors (Lipinski definition) is 1. The van der Waals surface area contributed by atoms with E-state index in [4.69, 9.17) is 4.74 Å². The number of nitrogens with one attached hydrogen (secondary N) is 1. The van der Waals surface area contributed by atoms with Crippen molar-refractivity contribution in [1.82, 2.24) is 5.32 Å². The minimum Gasteiger partial charge on any atom is -0.490 e. The highest BCUT2D eigenvalue weighted by Gasteiger charge is 2.26. The molecule has 2 heteroatoms. The lowest BCUT2D eigenvalue weighted by atomic mass is 9.80. The summed E-state index contributed by atoms with van der Waals surface area (Å²) in [5.41, 5.74) is 1.26. The SMILES string of the molecule is CNC(C)c1ccccc1OC1CCC(C)C(C)C1. The van der Waals surface area contributed by atoms with Crippen LogP contribution in [0.25, 0.3) is 0 Å². The van der Waals surface area contributed by atoms with Crippen molar-refractivity contribution in [3.8, 4) is 5.75 Å². The van der Waals surface area contributed by atoms with Crippen LogP contribution in [0.15, 0.2) is 24.3 Å². The van der Waals surface area contributed by atoms with Gasteiger partial charge in [0.2, 0.25) is 0 Å². The van der Waals surface area contributed by atoms with Crippen LogP contribution in [-0.4, -0.2) is 13.2 Å². The molecule has 4 atom stereocenters. The molecule has 0 spiro atoms. The van der Waals surface area contributed by atoms with E-state index in [-0.39, 0.29) is 0 Å².